The van der Waals surface area contributed by atoms with Crippen LogP contribution in [0.5, 0.6) is 0 Å². The molecule has 0 spiro atoms. The number of amides is 1. The molecule has 152 valence electrons. The number of benzene rings is 1. The number of nitrogens with one attached hydrogen (secondary N) is 1. The number of furan rings is 1. The number of hydrogen-bond acceptors (Lipinski definition) is 6. The summed E-state index contributed by atoms with van der Waals surface area (Å²) in [7, 11) is -2.76. The highest BCUT2D eigenvalue weighted by Crippen LogP contribution is 2.19. The molecule has 8 nitrogen and oxygen atoms in total. The number of methoxy groups -OCH3 is 1. The molecular weight excluding hydrogens is 384 g/mol. The van der Waals surface area contributed by atoms with E-state index >= 15 is 0 Å². The van der Waals surface area contributed by atoms with E-state index in [0.717, 1.165) is 9.87 Å². The molecule has 0 radical (unpaired) electrons. The molecule has 0 unspecified atom stereocenters. The molecule has 0 saturated heterocycles. The van der Waals surface area contributed by atoms with Gasteiger partial charge in [0.1, 0.15) is 11.3 Å². The Morgan fingerprint density at radius 3 is 2.36 bits per heavy atom. The fourth-order valence-electron chi connectivity index (χ4n) is 2.52. The summed E-state index contributed by atoms with van der Waals surface area (Å²) in [6, 6.07) is 9.57. The van der Waals surface area contributed by atoms with E-state index in [1.165, 1.54) is 39.4 Å². The predicted molar refractivity (Wildman–Crippen MR) is 102 cm³/mol. The normalized spacial score (nSPS) is 12.0. The predicted octanol–water partition coefficient (Wildman–Crippen LogP) is 1.85. The van der Waals surface area contributed by atoms with Gasteiger partial charge in [0.05, 0.1) is 31.4 Å². The maximum Gasteiger partial charge on any atom is 0.330 e. The first kappa shape index (κ1) is 21.6. The first-order valence-electron chi connectivity index (χ1n) is 8.55. The van der Waals surface area contributed by atoms with Crippen LogP contribution in [-0.4, -0.2) is 43.8 Å². The molecule has 9 heteroatoms. The molecule has 2 rings (SSSR count). The van der Waals surface area contributed by atoms with Crippen LogP contribution in [0, 0.1) is 6.92 Å². The quantitative estimate of drug-likeness (QED) is 0.668. The molecule has 1 N–H and O–H groups in total. The Morgan fingerprint density at radius 2 is 1.82 bits per heavy atom. The lowest BCUT2D eigenvalue weighted by molar-refractivity contribution is -0.149. The number of sulfonamides is 1. The SMILES string of the molecule is COC(=O)C(C)(C)NC(=O)CN(Cc1ccco1)S(=O)(=O)c1ccc(C)cc1. The van der Waals surface area contributed by atoms with Crippen LogP contribution >= 0.6 is 0 Å². The van der Waals surface area contributed by atoms with Crippen molar-refractivity contribution in [2.75, 3.05) is 13.7 Å². The van der Waals surface area contributed by atoms with Gasteiger partial charge in [-0.25, -0.2) is 13.2 Å². The van der Waals surface area contributed by atoms with E-state index in [1.54, 1.807) is 24.3 Å². The average molecular weight is 408 g/mol. The summed E-state index contributed by atoms with van der Waals surface area (Å²) in [5, 5.41) is 2.50. The second-order valence-electron chi connectivity index (χ2n) is 6.83. The van der Waals surface area contributed by atoms with Crippen molar-refractivity contribution in [1.29, 1.82) is 0 Å². The van der Waals surface area contributed by atoms with Crippen molar-refractivity contribution in [3.8, 4) is 0 Å². The summed E-state index contributed by atoms with van der Waals surface area (Å²) >= 11 is 0. The van der Waals surface area contributed by atoms with Crippen molar-refractivity contribution >= 4 is 21.9 Å². The largest absolute Gasteiger partial charge is 0.468 e. The zero-order valence-corrected chi connectivity index (χ0v) is 17.1. The second-order valence-corrected chi connectivity index (χ2v) is 8.77. The maximum absolute atomic E-state index is 13.1. The third kappa shape index (κ3) is 5.20. The van der Waals surface area contributed by atoms with Crippen LogP contribution in [0.1, 0.15) is 25.2 Å². The Labute approximate surface area is 164 Å². The average Bonchev–Trinajstić information content (AvgIpc) is 3.13. The molecular formula is C19H24N2O6S. The summed E-state index contributed by atoms with van der Waals surface area (Å²) in [5.74, 6) is -0.895. The number of hydrogen-bond donors (Lipinski definition) is 1. The van der Waals surface area contributed by atoms with Crippen molar-refractivity contribution in [2.45, 2.75) is 37.8 Å². The lowest BCUT2D eigenvalue weighted by Crippen LogP contribution is -2.53. The highest BCUT2D eigenvalue weighted by Gasteiger charge is 2.33. The van der Waals surface area contributed by atoms with Crippen LogP contribution in [-0.2, 0) is 30.9 Å². The van der Waals surface area contributed by atoms with E-state index < -0.39 is 34.0 Å². The second kappa shape index (κ2) is 8.57. The van der Waals surface area contributed by atoms with E-state index in [1.807, 2.05) is 6.92 Å². The fraction of sp³-hybridized carbons (Fsp3) is 0.368. The van der Waals surface area contributed by atoms with Crippen LogP contribution in [0.3, 0.4) is 0 Å². The number of carbonyl (C=O) groups excluding carboxylic acids is 2. The summed E-state index contributed by atoms with van der Waals surface area (Å²) in [5.41, 5.74) is -0.385. The van der Waals surface area contributed by atoms with Crippen LogP contribution in [0.25, 0.3) is 0 Å². The zero-order valence-electron chi connectivity index (χ0n) is 16.3. The highest BCUT2D eigenvalue weighted by molar-refractivity contribution is 7.89. The monoisotopic (exact) mass is 408 g/mol. The van der Waals surface area contributed by atoms with Crippen molar-refractivity contribution in [2.24, 2.45) is 0 Å². The minimum absolute atomic E-state index is 0.0599. The Morgan fingerprint density at radius 1 is 1.18 bits per heavy atom. The molecule has 28 heavy (non-hydrogen) atoms. The molecule has 2 aromatic rings. The Hall–Kier alpha value is -2.65. The molecule has 0 bridgehead atoms. The molecule has 0 aliphatic heterocycles. The Kier molecular flexibility index (Phi) is 6.63. The molecule has 0 aliphatic carbocycles. The standard InChI is InChI=1S/C19H24N2O6S/c1-14-7-9-16(10-8-14)28(24,25)21(12-15-6-5-11-27-15)13-17(22)20-19(2,3)18(23)26-4/h5-11H,12-13H2,1-4H3,(H,20,22). The van der Waals surface area contributed by atoms with Crippen molar-refractivity contribution in [1.82, 2.24) is 9.62 Å². The van der Waals surface area contributed by atoms with Gasteiger partial charge in [-0.2, -0.15) is 4.31 Å². The van der Waals surface area contributed by atoms with Gasteiger partial charge >= 0.3 is 5.97 Å². The summed E-state index contributed by atoms with van der Waals surface area (Å²) < 4.78 is 37.0. The lowest BCUT2D eigenvalue weighted by atomic mass is 10.1. The zero-order chi connectivity index (χ0) is 20.9. The van der Waals surface area contributed by atoms with Crippen LogP contribution in [0.2, 0.25) is 0 Å². The highest BCUT2D eigenvalue weighted by atomic mass is 32.2. The maximum atomic E-state index is 13.1. The number of ether oxygens (including phenoxy) is 1. The Balaban J connectivity index is 2.28. The van der Waals surface area contributed by atoms with Crippen LogP contribution < -0.4 is 5.32 Å². The molecule has 0 fully saturated rings. The minimum Gasteiger partial charge on any atom is -0.468 e. The molecule has 0 atom stereocenters. The van der Waals surface area contributed by atoms with Crippen molar-refractivity contribution in [3.63, 3.8) is 0 Å². The van der Waals surface area contributed by atoms with Crippen LogP contribution in [0.15, 0.2) is 52.0 Å². The van der Waals surface area contributed by atoms with Gasteiger partial charge in [-0.1, -0.05) is 17.7 Å². The summed E-state index contributed by atoms with van der Waals surface area (Å²) in [4.78, 5) is 24.3. The van der Waals surface area contributed by atoms with Gasteiger partial charge in [-0.15, -0.1) is 0 Å². The number of esters is 1. The number of aryl methyl sites for hydroxylation is 1. The molecule has 0 saturated carbocycles. The van der Waals surface area contributed by atoms with Gasteiger partial charge in [-0.05, 0) is 45.0 Å². The van der Waals surface area contributed by atoms with Crippen LogP contribution in [0.4, 0.5) is 0 Å². The van der Waals surface area contributed by atoms with E-state index in [-0.39, 0.29) is 11.4 Å². The molecule has 1 heterocycles. The first-order chi connectivity index (χ1) is 13.1. The third-order valence-electron chi connectivity index (χ3n) is 4.04. The van der Waals surface area contributed by atoms with E-state index in [2.05, 4.69) is 10.1 Å². The third-order valence-corrected chi connectivity index (χ3v) is 5.84. The number of rotatable bonds is 8. The smallest absolute Gasteiger partial charge is 0.330 e. The topological polar surface area (TPSA) is 106 Å². The van der Waals surface area contributed by atoms with Gasteiger partial charge < -0.3 is 14.5 Å². The summed E-state index contributed by atoms with van der Waals surface area (Å²) in [6.45, 7) is 4.18. The fourth-order valence-corrected chi connectivity index (χ4v) is 3.88. The van der Waals surface area contributed by atoms with Gasteiger partial charge in [0.2, 0.25) is 15.9 Å². The van der Waals surface area contributed by atoms with Gasteiger partial charge in [0, 0.05) is 0 Å². The van der Waals surface area contributed by atoms with Crippen molar-refractivity contribution in [3.05, 3.63) is 54.0 Å². The van der Waals surface area contributed by atoms with E-state index in [9.17, 15) is 18.0 Å². The number of carbonyl (C=O) groups is 2. The van der Waals surface area contributed by atoms with Gasteiger partial charge in [-0.3, -0.25) is 4.79 Å². The molecule has 1 aromatic heterocycles. The van der Waals surface area contributed by atoms with Crippen molar-refractivity contribution < 1.29 is 27.2 Å². The lowest BCUT2D eigenvalue weighted by Gasteiger charge is -2.26. The summed E-state index contributed by atoms with van der Waals surface area (Å²) in [6.07, 6.45) is 1.42. The van der Waals surface area contributed by atoms with E-state index in [4.69, 9.17) is 4.42 Å². The van der Waals surface area contributed by atoms with E-state index in [0.29, 0.717) is 5.76 Å². The Bertz CT molecular complexity index is 918. The first-order valence-corrected chi connectivity index (χ1v) is 9.99. The minimum atomic E-state index is -3.97. The van der Waals surface area contributed by atoms with Gasteiger partial charge in [0.15, 0.2) is 0 Å². The molecule has 1 aromatic carbocycles. The molecule has 1 amide bonds. The molecule has 0 aliphatic rings. The number of nitrogens with zero attached hydrogens (tertiary/aromatic N) is 1. The van der Waals surface area contributed by atoms with Gasteiger partial charge in [0.25, 0.3) is 0 Å².